The van der Waals surface area contributed by atoms with E-state index in [2.05, 4.69) is 39.7 Å². The second-order valence-corrected chi connectivity index (χ2v) is 9.37. The summed E-state index contributed by atoms with van der Waals surface area (Å²) < 4.78 is 11.9. The second-order valence-electron chi connectivity index (χ2n) is 9.37. The fourth-order valence-electron chi connectivity index (χ4n) is 4.01. The number of hydrogen-bond acceptors (Lipinski definition) is 6. The van der Waals surface area contributed by atoms with Crippen molar-refractivity contribution in [1.82, 2.24) is 34.1 Å². The van der Waals surface area contributed by atoms with Crippen molar-refractivity contribution in [3.63, 3.8) is 0 Å². The molecule has 0 radical (unpaired) electrons. The van der Waals surface area contributed by atoms with Gasteiger partial charge in [0.05, 0.1) is 30.5 Å². The lowest BCUT2D eigenvalue weighted by Gasteiger charge is -2.22. The number of rotatable bonds is 5. The number of aliphatic hydroxyl groups excluding tert-OH is 1. The third-order valence-electron chi connectivity index (χ3n) is 5.97. The molecule has 5 rings (SSSR count). The summed E-state index contributed by atoms with van der Waals surface area (Å²) in [6.07, 6.45) is 5.80. The molecule has 0 amide bonds. The van der Waals surface area contributed by atoms with Crippen LogP contribution in [0.1, 0.15) is 39.6 Å². The zero-order chi connectivity index (χ0) is 23.3. The van der Waals surface area contributed by atoms with E-state index in [1.165, 1.54) is 0 Å². The summed E-state index contributed by atoms with van der Waals surface area (Å²) in [5, 5.41) is 18.6. The number of benzene rings is 1. The van der Waals surface area contributed by atoms with Gasteiger partial charge in [-0.2, -0.15) is 10.2 Å². The first kappa shape index (κ1) is 21.4. The van der Waals surface area contributed by atoms with Gasteiger partial charge in [-0.05, 0) is 52.3 Å². The van der Waals surface area contributed by atoms with Gasteiger partial charge < -0.3 is 14.4 Å². The first-order valence-electron chi connectivity index (χ1n) is 11.2. The van der Waals surface area contributed by atoms with E-state index in [1.54, 1.807) is 4.68 Å². The van der Waals surface area contributed by atoms with Crippen molar-refractivity contribution in [1.29, 1.82) is 0 Å². The Morgan fingerprint density at radius 2 is 1.94 bits per heavy atom. The summed E-state index contributed by atoms with van der Waals surface area (Å²) in [6, 6.07) is 6.33. The van der Waals surface area contributed by atoms with Crippen LogP contribution in [0.2, 0.25) is 0 Å². The van der Waals surface area contributed by atoms with Crippen LogP contribution in [0.15, 0.2) is 36.8 Å². The highest BCUT2D eigenvalue weighted by Gasteiger charge is 2.24. The maximum atomic E-state index is 9.64. The normalized spacial score (nSPS) is 13.5. The zero-order valence-corrected chi connectivity index (χ0v) is 19.6. The number of aliphatic hydroxyl groups is 1. The van der Waals surface area contributed by atoms with Crippen LogP contribution in [-0.4, -0.2) is 52.4 Å². The van der Waals surface area contributed by atoms with Gasteiger partial charge in [-0.1, -0.05) is 6.07 Å². The van der Waals surface area contributed by atoms with Gasteiger partial charge in [0, 0.05) is 24.0 Å². The Labute approximate surface area is 192 Å². The van der Waals surface area contributed by atoms with Crippen LogP contribution in [0, 0.1) is 6.92 Å². The molecule has 0 saturated heterocycles. The zero-order valence-electron chi connectivity index (χ0n) is 19.6. The van der Waals surface area contributed by atoms with E-state index >= 15 is 0 Å². The molecule has 0 saturated carbocycles. The molecule has 4 heterocycles. The van der Waals surface area contributed by atoms with Crippen LogP contribution in [0.3, 0.4) is 0 Å². The Kier molecular flexibility index (Phi) is 5.08. The number of hydrogen-bond donors (Lipinski definition) is 1. The maximum absolute atomic E-state index is 9.64. The third kappa shape index (κ3) is 3.72. The minimum absolute atomic E-state index is 0.0104. The van der Waals surface area contributed by atoms with Crippen molar-refractivity contribution < 1.29 is 9.84 Å². The molecule has 0 spiro atoms. The first-order valence-corrected chi connectivity index (χ1v) is 11.2. The largest absolute Gasteiger partial charge is 0.491 e. The standard InChI is InChI=1S/C24H29N7O2/c1-15(2)31-23(26-16(3)28-31)20-13-29-8-9-33-21-10-17(6-7-19(21)22(29)27-20)18-11-25-30(12-18)24(4,5)14-32/h6-7,10-13,15,32H,8-9,14H2,1-5H3. The lowest BCUT2D eigenvalue weighted by molar-refractivity contribution is 0.152. The van der Waals surface area contributed by atoms with E-state index in [4.69, 9.17) is 9.72 Å². The molecule has 0 bridgehead atoms. The molecule has 9 nitrogen and oxygen atoms in total. The molecular weight excluding hydrogens is 418 g/mol. The van der Waals surface area contributed by atoms with Crippen LogP contribution in [0.4, 0.5) is 0 Å². The van der Waals surface area contributed by atoms with Crippen LogP contribution >= 0.6 is 0 Å². The fourth-order valence-corrected chi connectivity index (χ4v) is 4.01. The molecule has 3 aromatic heterocycles. The quantitative estimate of drug-likeness (QED) is 0.501. The van der Waals surface area contributed by atoms with Gasteiger partial charge in [0.25, 0.3) is 0 Å². The molecule has 172 valence electrons. The molecule has 1 aliphatic heterocycles. The first-order chi connectivity index (χ1) is 15.8. The Bertz CT molecular complexity index is 1310. The van der Waals surface area contributed by atoms with Crippen LogP contribution in [0.5, 0.6) is 5.75 Å². The molecule has 0 atom stereocenters. The Morgan fingerprint density at radius 1 is 1.12 bits per heavy atom. The lowest BCUT2D eigenvalue weighted by atomic mass is 10.0. The monoisotopic (exact) mass is 447 g/mol. The summed E-state index contributed by atoms with van der Waals surface area (Å²) in [6.45, 7) is 11.2. The van der Waals surface area contributed by atoms with Crippen LogP contribution in [-0.2, 0) is 12.1 Å². The predicted molar refractivity (Wildman–Crippen MR) is 125 cm³/mol. The molecule has 33 heavy (non-hydrogen) atoms. The van der Waals surface area contributed by atoms with Crippen molar-refractivity contribution in [3.8, 4) is 39.8 Å². The number of imidazole rings is 1. The van der Waals surface area contributed by atoms with Gasteiger partial charge in [-0.25, -0.2) is 14.6 Å². The van der Waals surface area contributed by atoms with Gasteiger partial charge in [-0.15, -0.1) is 0 Å². The summed E-state index contributed by atoms with van der Waals surface area (Å²) in [5.41, 5.74) is 3.26. The van der Waals surface area contributed by atoms with Gasteiger partial charge in [0.15, 0.2) is 5.82 Å². The average Bonchev–Trinajstić information content (AvgIpc) is 3.50. The van der Waals surface area contributed by atoms with Crippen molar-refractivity contribution >= 4 is 0 Å². The Hall–Kier alpha value is -3.46. The Balaban J connectivity index is 1.54. The van der Waals surface area contributed by atoms with E-state index < -0.39 is 5.54 Å². The number of nitrogens with zero attached hydrogens (tertiary/aromatic N) is 7. The van der Waals surface area contributed by atoms with E-state index in [9.17, 15) is 5.11 Å². The molecule has 0 aliphatic carbocycles. The molecular formula is C24H29N7O2. The molecule has 4 aromatic rings. The van der Waals surface area contributed by atoms with Crippen LogP contribution < -0.4 is 4.74 Å². The Morgan fingerprint density at radius 3 is 2.70 bits per heavy atom. The molecule has 1 aliphatic rings. The predicted octanol–water partition coefficient (Wildman–Crippen LogP) is 3.68. The minimum atomic E-state index is -0.462. The third-order valence-corrected chi connectivity index (χ3v) is 5.97. The number of aromatic nitrogens is 7. The second kappa shape index (κ2) is 7.84. The van der Waals surface area contributed by atoms with Crippen molar-refractivity contribution in [2.24, 2.45) is 0 Å². The number of fused-ring (bicyclic) bond motifs is 3. The summed E-state index contributed by atoms with van der Waals surface area (Å²) in [7, 11) is 0. The molecule has 9 heteroatoms. The molecule has 1 N–H and O–H groups in total. The highest BCUT2D eigenvalue weighted by Crippen LogP contribution is 2.37. The van der Waals surface area contributed by atoms with E-state index in [0.29, 0.717) is 13.2 Å². The molecule has 0 unspecified atom stereocenters. The topological polar surface area (TPSA) is 95.8 Å². The van der Waals surface area contributed by atoms with Crippen molar-refractivity contribution in [2.75, 3.05) is 13.2 Å². The van der Waals surface area contributed by atoms with Crippen molar-refractivity contribution in [2.45, 2.75) is 52.7 Å². The van der Waals surface area contributed by atoms with Crippen molar-refractivity contribution in [3.05, 3.63) is 42.6 Å². The maximum Gasteiger partial charge on any atom is 0.178 e. The number of ether oxygens (including phenoxy) is 1. The highest BCUT2D eigenvalue weighted by atomic mass is 16.5. The van der Waals surface area contributed by atoms with Gasteiger partial charge in [-0.3, -0.25) is 4.68 Å². The fraction of sp³-hybridized carbons (Fsp3) is 0.417. The van der Waals surface area contributed by atoms with Gasteiger partial charge >= 0.3 is 0 Å². The molecule has 0 fully saturated rings. The molecule has 1 aromatic carbocycles. The summed E-state index contributed by atoms with van der Waals surface area (Å²) in [4.78, 5) is 9.57. The smallest absolute Gasteiger partial charge is 0.178 e. The van der Waals surface area contributed by atoms with Gasteiger partial charge in [0.1, 0.15) is 29.7 Å². The van der Waals surface area contributed by atoms with Gasteiger partial charge in [0.2, 0.25) is 0 Å². The highest BCUT2D eigenvalue weighted by molar-refractivity contribution is 5.74. The average molecular weight is 448 g/mol. The summed E-state index contributed by atoms with van der Waals surface area (Å²) >= 11 is 0. The van der Waals surface area contributed by atoms with E-state index in [1.807, 2.05) is 56.2 Å². The SMILES string of the molecule is Cc1nc(-c2cn3c(n2)-c2ccc(-c4cnn(C(C)(C)CO)c4)cc2OCC3)n(C(C)C)n1. The van der Waals surface area contributed by atoms with E-state index in [-0.39, 0.29) is 12.6 Å². The minimum Gasteiger partial charge on any atom is -0.491 e. The van der Waals surface area contributed by atoms with E-state index in [0.717, 1.165) is 45.6 Å². The van der Waals surface area contributed by atoms with Crippen LogP contribution in [0.25, 0.3) is 34.0 Å². The number of aryl methyl sites for hydroxylation is 1. The summed E-state index contributed by atoms with van der Waals surface area (Å²) in [5.74, 6) is 3.16. The lowest BCUT2D eigenvalue weighted by Crippen LogP contribution is -2.30.